The van der Waals surface area contributed by atoms with Crippen LogP contribution in [-0.4, -0.2) is 43.0 Å². The summed E-state index contributed by atoms with van der Waals surface area (Å²) in [4.78, 5) is 33.9. The number of carbonyl (C=O) groups excluding carboxylic acids is 2. The molecule has 9 nitrogen and oxygen atoms in total. The predicted molar refractivity (Wildman–Crippen MR) is 105 cm³/mol. The third kappa shape index (κ3) is 7.90. The molecule has 0 aliphatic rings. The van der Waals surface area contributed by atoms with Gasteiger partial charge in [0, 0.05) is 24.7 Å². The molecule has 0 saturated heterocycles. The largest absolute Gasteiger partial charge is 0.435 e. The Morgan fingerprint density at radius 1 is 1.06 bits per heavy atom. The first-order chi connectivity index (χ1) is 15.5. The van der Waals surface area contributed by atoms with E-state index in [0.29, 0.717) is 12.1 Å². The molecule has 0 aliphatic carbocycles. The van der Waals surface area contributed by atoms with Crippen LogP contribution in [0.15, 0.2) is 42.5 Å². The number of amides is 2. The van der Waals surface area contributed by atoms with Crippen LogP contribution >= 0.6 is 0 Å². The van der Waals surface area contributed by atoms with Gasteiger partial charge in [-0.15, -0.1) is 0 Å². The lowest BCUT2D eigenvalue weighted by atomic mass is 10.1. The van der Waals surface area contributed by atoms with Gasteiger partial charge in [-0.1, -0.05) is 6.07 Å². The highest BCUT2D eigenvalue weighted by atomic mass is 19.4. The van der Waals surface area contributed by atoms with Gasteiger partial charge in [-0.3, -0.25) is 19.7 Å². The molecule has 0 aromatic heterocycles. The number of anilines is 1. The minimum Gasteiger partial charge on any atom is -0.435 e. The molecular formula is C19H17F5N4O5. The van der Waals surface area contributed by atoms with E-state index in [1.165, 1.54) is 18.2 Å². The van der Waals surface area contributed by atoms with E-state index >= 15 is 0 Å². The van der Waals surface area contributed by atoms with Crippen molar-refractivity contribution in [1.82, 2.24) is 10.6 Å². The van der Waals surface area contributed by atoms with E-state index < -0.39 is 47.3 Å². The molecule has 0 fully saturated rings. The average molecular weight is 476 g/mol. The summed E-state index contributed by atoms with van der Waals surface area (Å²) in [7, 11) is 0. The lowest BCUT2D eigenvalue weighted by Crippen LogP contribution is -2.38. The second-order valence-electron chi connectivity index (χ2n) is 6.35. The fourth-order valence-corrected chi connectivity index (χ4v) is 2.55. The van der Waals surface area contributed by atoms with Gasteiger partial charge >= 0.3 is 12.8 Å². The van der Waals surface area contributed by atoms with Crippen molar-refractivity contribution in [2.75, 3.05) is 25.0 Å². The van der Waals surface area contributed by atoms with Gasteiger partial charge in [0.2, 0.25) is 5.91 Å². The number of nitro benzene ring substituents is 1. The van der Waals surface area contributed by atoms with Crippen LogP contribution in [0.3, 0.4) is 0 Å². The normalized spacial score (nSPS) is 11.1. The third-order valence-corrected chi connectivity index (χ3v) is 4.02. The zero-order chi connectivity index (χ0) is 24.6. The van der Waals surface area contributed by atoms with E-state index in [2.05, 4.69) is 20.7 Å². The molecule has 2 aromatic carbocycles. The predicted octanol–water partition coefficient (Wildman–Crippen LogP) is 3.17. The zero-order valence-corrected chi connectivity index (χ0v) is 16.6. The standard InChI is InChI=1S/C19H17F5N4O5/c20-18(21)33-13-3-1-2-11(8-13)17(30)27-10-16(29)26-7-6-25-14-5-4-12(19(22,23)24)9-15(14)28(31)32/h1-5,8-9,18,25H,6-7,10H2,(H,26,29)(H,27,30). The maximum atomic E-state index is 12.7. The van der Waals surface area contributed by atoms with Gasteiger partial charge < -0.3 is 20.7 Å². The number of nitro groups is 1. The molecule has 0 atom stereocenters. The number of carbonyl (C=O) groups is 2. The Morgan fingerprint density at radius 2 is 1.79 bits per heavy atom. The molecule has 0 saturated carbocycles. The fraction of sp³-hybridized carbons (Fsp3) is 0.263. The highest BCUT2D eigenvalue weighted by Gasteiger charge is 2.33. The summed E-state index contributed by atoms with van der Waals surface area (Å²) in [6, 6.07) is 6.94. The van der Waals surface area contributed by atoms with E-state index in [4.69, 9.17) is 0 Å². The molecule has 0 spiro atoms. The average Bonchev–Trinajstić information content (AvgIpc) is 2.74. The maximum absolute atomic E-state index is 12.7. The minimum atomic E-state index is -4.74. The SMILES string of the molecule is O=C(CNC(=O)c1cccc(OC(F)F)c1)NCCNc1ccc(C(F)(F)F)cc1[N+](=O)[O-]. The number of ether oxygens (including phenoxy) is 1. The topological polar surface area (TPSA) is 123 Å². The van der Waals surface area contributed by atoms with Crippen LogP contribution in [0.5, 0.6) is 5.75 Å². The summed E-state index contributed by atoms with van der Waals surface area (Å²) in [6.45, 7) is -3.64. The summed E-state index contributed by atoms with van der Waals surface area (Å²) < 4.78 is 66.8. The molecule has 0 aliphatic heterocycles. The van der Waals surface area contributed by atoms with Crippen molar-refractivity contribution in [2.24, 2.45) is 0 Å². The number of hydrogen-bond donors (Lipinski definition) is 3. The number of nitrogens with one attached hydrogen (secondary N) is 3. The Hall–Kier alpha value is -3.97. The van der Waals surface area contributed by atoms with E-state index in [9.17, 15) is 41.7 Å². The number of nitrogens with zero attached hydrogens (tertiary/aromatic N) is 1. The minimum absolute atomic E-state index is 0.0165. The second kappa shape index (κ2) is 11.1. The molecule has 0 heterocycles. The quantitative estimate of drug-likeness (QED) is 0.210. The van der Waals surface area contributed by atoms with E-state index in [1.54, 1.807) is 0 Å². The van der Waals surface area contributed by atoms with Crippen molar-refractivity contribution in [3.8, 4) is 5.75 Å². The van der Waals surface area contributed by atoms with Crippen molar-refractivity contribution in [3.63, 3.8) is 0 Å². The Morgan fingerprint density at radius 3 is 2.42 bits per heavy atom. The number of benzene rings is 2. The molecule has 3 N–H and O–H groups in total. The smallest absolute Gasteiger partial charge is 0.416 e. The highest BCUT2D eigenvalue weighted by Crippen LogP contribution is 2.34. The van der Waals surface area contributed by atoms with Crippen molar-refractivity contribution in [3.05, 3.63) is 63.7 Å². The molecule has 2 aromatic rings. The first-order valence-corrected chi connectivity index (χ1v) is 9.16. The second-order valence-corrected chi connectivity index (χ2v) is 6.35. The molecule has 0 bridgehead atoms. The van der Waals surface area contributed by atoms with Crippen LogP contribution in [0.25, 0.3) is 0 Å². The van der Waals surface area contributed by atoms with Crippen LogP contribution in [0.1, 0.15) is 15.9 Å². The van der Waals surface area contributed by atoms with Crippen LogP contribution < -0.4 is 20.7 Å². The molecule has 178 valence electrons. The van der Waals surface area contributed by atoms with Gasteiger partial charge in [0.15, 0.2) is 0 Å². The first kappa shape index (κ1) is 25.3. The Bertz CT molecular complexity index is 1020. The Balaban J connectivity index is 1.81. The third-order valence-electron chi connectivity index (χ3n) is 4.02. The van der Waals surface area contributed by atoms with Gasteiger partial charge in [-0.05, 0) is 30.3 Å². The van der Waals surface area contributed by atoms with Crippen LogP contribution in [-0.2, 0) is 11.0 Å². The number of hydrogen-bond acceptors (Lipinski definition) is 6. The summed E-state index contributed by atoms with van der Waals surface area (Å²) in [5.41, 5.74) is -2.13. The van der Waals surface area contributed by atoms with Gasteiger partial charge in [-0.2, -0.15) is 22.0 Å². The van der Waals surface area contributed by atoms with Crippen LogP contribution in [0, 0.1) is 10.1 Å². The maximum Gasteiger partial charge on any atom is 0.416 e. The molecule has 0 unspecified atom stereocenters. The van der Waals surface area contributed by atoms with Gasteiger partial charge in [-0.25, -0.2) is 0 Å². The molecule has 0 radical (unpaired) electrons. The van der Waals surface area contributed by atoms with Crippen molar-refractivity contribution in [1.29, 1.82) is 0 Å². The van der Waals surface area contributed by atoms with Crippen molar-refractivity contribution in [2.45, 2.75) is 12.8 Å². The van der Waals surface area contributed by atoms with Crippen LogP contribution in [0.4, 0.5) is 33.3 Å². The molecule has 2 rings (SSSR count). The number of alkyl halides is 5. The van der Waals surface area contributed by atoms with Crippen molar-refractivity contribution >= 4 is 23.2 Å². The van der Waals surface area contributed by atoms with Gasteiger partial charge in [0.25, 0.3) is 11.6 Å². The Labute approximate surface area is 183 Å². The lowest BCUT2D eigenvalue weighted by molar-refractivity contribution is -0.384. The van der Waals surface area contributed by atoms with Gasteiger partial charge in [0.05, 0.1) is 17.0 Å². The monoisotopic (exact) mass is 476 g/mol. The Kier molecular flexibility index (Phi) is 8.48. The number of rotatable bonds is 10. The summed E-state index contributed by atoms with van der Waals surface area (Å²) in [5, 5.41) is 18.2. The number of halogens is 5. The molecule has 33 heavy (non-hydrogen) atoms. The molecule has 14 heteroatoms. The summed E-state index contributed by atoms with van der Waals surface area (Å²) >= 11 is 0. The van der Waals surface area contributed by atoms with Gasteiger partial charge in [0.1, 0.15) is 11.4 Å². The molecular weight excluding hydrogens is 459 g/mol. The summed E-state index contributed by atoms with van der Waals surface area (Å²) in [6.07, 6.45) is -4.74. The summed E-state index contributed by atoms with van der Waals surface area (Å²) in [5.74, 6) is -1.58. The van der Waals surface area contributed by atoms with E-state index in [1.807, 2.05) is 0 Å². The van der Waals surface area contributed by atoms with Crippen molar-refractivity contribution < 1.29 is 41.2 Å². The molecule has 2 amide bonds. The van der Waals surface area contributed by atoms with E-state index in [0.717, 1.165) is 12.1 Å². The lowest BCUT2D eigenvalue weighted by Gasteiger charge is -2.11. The highest BCUT2D eigenvalue weighted by molar-refractivity contribution is 5.96. The zero-order valence-electron chi connectivity index (χ0n) is 16.6. The van der Waals surface area contributed by atoms with E-state index in [-0.39, 0.29) is 30.1 Å². The first-order valence-electron chi connectivity index (χ1n) is 9.16. The van der Waals surface area contributed by atoms with Crippen LogP contribution in [0.2, 0.25) is 0 Å². The fourth-order valence-electron chi connectivity index (χ4n) is 2.55.